The lowest BCUT2D eigenvalue weighted by Gasteiger charge is -2.05. The van der Waals surface area contributed by atoms with Crippen LogP contribution in [0.4, 0.5) is 0 Å². The van der Waals surface area contributed by atoms with Gasteiger partial charge in [-0.1, -0.05) is 24.6 Å². The number of carbonyl (C=O) groups is 1. The molecule has 0 radical (unpaired) electrons. The van der Waals surface area contributed by atoms with Gasteiger partial charge in [0.25, 0.3) is 5.91 Å². The van der Waals surface area contributed by atoms with E-state index in [4.69, 9.17) is 0 Å². The molecule has 1 aromatic carbocycles. The Morgan fingerprint density at radius 2 is 2.12 bits per heavy atom. The number of fused-ring (bicyclic) bond motifs is 1. The number of carbonyl (C=O) groups excluding carboxylic acids is 1. The van der Waals surface area contributed by atoms with Crippen molar-refractivity contribution in [1.29, 1.82) is 0 Å². The minimum atomic E-state index is -0.0193. The van der Waals surface area contributed by atoms with Crippen molar-refractivity contribution in [3.05, 3.63) is 65.5 Å². The predicted molar refractivity (Wildman–Crippen MR) is 97.2 cm³/mol. The van der Waals surface area contributed by atoms with Gasteiger partial charge in [-0.05, 0) is 49.6 Å². The number of aryl methyl sites for hydroxylation is 2. The summed E-state index contributed by atoms with van der Waals surface area (Å²) in [6.07, 6.45) is 5.87. The molecule has 124 valence electrons. The Hall–Kier alpha value is -2.62. The van der Waals surface area contributed by atoms with E-state index >= 15 is 0 Å². The monoisotopic (exact) mass is 321 g/mol. The summed E-state index contributed by atoms with van der Waals surface area (Å²) in [4.78, 5) is 16.7. The van der Waals surface area contributed by atoms with E-state index in [0.29, 0.717) is 12.1 Å². The zero-order valence-electron chi connectivity index (χ0n) is 14.2. The van der Waals surface area contributed by atoms with E-state index in [2.05, 4.69) is 34.1 Å². The summed E-state index contributed by atoms with van der Waals surface area (Å²) in [7, 11) is 0. The highest BCUT2D eigenvalue weighted by Crippen LogP contribution is 2.20. The van der Waals surface area contributed by atoms with Crippen molar-refractivity contribution in [2.75, 3.05) is 6.54 Å². The Balaban J connectivity index is 1.69. The third kappa shape index (κ3) is 3.48. The molecule has 0 spiro atoms. The zero-order chi connectivity index (χ0) is 16.9. The SMILES string of the molecule is CCCn1cc(CCNC(=O)c2cccc(C)c2)c2cccnc21. The Morgan fingerprint density at radius 1 is 1.25 bits per heavy atom. The minimum Gasteiger partial charge on any atom is -0.352 e. The van der Waals surface area contributed by atoms with Crippen LogP contribution in [0.25, 0.3) is 11.0 Å². The fourth-order valence-corrected chi connectivity index (χ4v) is 3.00. The maximum absolute atomic E-state index is 12.2. The van der Waals surface area contributed by atoms with Gasteiger partial charge < -0.3 is 9.88 Å². The first-order valence-corrected chi connectivity index (χ1v) is 8.46. The number of benzene rings is 1. The van der Waals surface area contributed by atoms with Gasteiger partial charge in [0.15, 0.2) is 0 Å². The summed E-state index contributed by atoms with van der Waals surface area (Å²) in [5, 5.41) is 4.19. The first-order valence-electron chi connectivity index (χ1n) is 8.46. The van der Waals surface area contributed by atoms with Gasteiger partial charge in [0.05, 0.1) is 0 Å². The van der Waals surface area contributed by atoms with Crippen LogP contribution in [0.3, 0.4) is 0 Å². The quantitative estimate of drug-likeness (QED) is 0.752. The van der Waals surface area contributed by atoms with Crippen molar-refractivity contribution >= 4 is 16.9 Å². The number of aromatic nitrogens is 2. The molecule has 3 rings (SSSR count). The highest BCUT2D eigenvalue weighted by Gasteiger charge is 2.10. The first kappa shape index (κ1) is 16.2. The van der Waals surface area contributed by atoms with Crippen LogP contribution in [-0.4, -0.2) is 22.0 Å². The molecule has 0 fully saturated rings. The van der Waals surface area contributed by atoms with Gasteiger partial charge in [-0.25, -0.2) is 4.98 Å². The summed E-state index contributed by atoms with van der Waals surface area (Å²) in [5.41, 5.74) is 4.07. The van der Waals surface area contributed by atoms with E-state index in [1.807, 2.05) is 43.5 Å². The molecule has 4 heteroatoms. The van der Waals surface area contributed by atoms with Crippen molar-refractivity contribution in [3.63, 3.8) is 0 Å². The second-order valence-corrected chi connectivity index (χ2v) is 6.10. The van der Waals surface area contributed by atoms with Crippen LogP contribution >= 0.6 is 0 Å². The summed E-state index contributed by atoms with van der Waals surface area (Å²) in [6.45, 7) is 5.74. The van der Waals surface area contributed by atoms with E-state index in [9.17, 15) is 4.79 Å². The van der Waals surface area contributed by atoms with E-state index < -0.39 is 0 Å². The second-order valence-electron chi connectivity index (χ2n) is 6.10. The maximum atomic E-state index is 12.2. The lowest BCUT2D eigenvalue weighted by molar-refractivity contribution is 0.0954. The molecule has 24 heavy (non-hydrogen) atoms. The standard InChI is InChI=1S/C20H23N3O/c1-3-12-23-14-17(18-8-5-10-21-19(18)23)9-11-22-20(24)16-7-4-6-15(2)13-16/h4-8,10,13-14H,3,9,11-12H2,1-2H3,(H,22,24). The van der Waals surface area contributed by atoms with Crippen molar-refractivity contribution in [1.82, 2.24) is 14.9 Å². The minimum absolute atomic E-state index is 0.0193. The molecule has 0 aliphatic heterocycles. The average Bonchev–Trinajstić information content (AvgIpc) is 2.93. The molecule has 1 amide bonds. The normalized spacial score (nSPS) is 10.9. The smallest absolute Gasteiger partial charge is 0.251 e. The number of amides is 1. The third-order valence-corrected chi connectivity index (χ3v) is 4.14. The van der Waals surface area contributed by atoms with Crippen LogP contribution in [0.5, 0.6) is 0 Å². The second kappa shape index (κ2) is 7.30. The van der Waals surface area contributed by atoms with Crippen LogP contribution in [0, 0.1) is 6.92 Å². The largest absolute Gasteiger partial charge is 0.352 e. The van der Waals surface area contributed by atoms with Crippen molar-refractivity contribution in [2.45, 2.75) is 33.2 Å². The highest BCUT2D eigenvalue weighted by molar-refractivity contribution is 5.94. The Labute approximate surface area is 142 Å². The summed E-state index contributed by atoms with van der Waals surface area (Å²) >= 11 is 0. The lowest BCUT2D eigenvalue weighted by Crippen LogP contribution is -2.25. The van der Waals surface area contributed by atoms with E-state index in [1.54, 1.807) is 0 Å². The molecule has 1 N–H and O–H groups in total. The Kier molecular flexibility index (Phi) is 4.94. The molecule has 2 heterocycles. The van der Waals surface area contributed by atoms with E-state index in [0.717, 1.165) is 30.6 Å². The van der Waals surface area contributed by atoms with Gasteiger partial charge in [-0.3, -0.25) is 4.79 Å². The summed E-state index contributed by atoms with van der Waals surface area (Å²) in [6, 6.07) is 11.7. The molecule has 2 aromatic heterocycles. The van der Waals surface area contributed by atoms with Gasteiger partial charge >= 0.3 is 0 Å². The van der Waals surface area contributed by atoms with Crippen molar-refractivity contribution < 1.29 is 4.79 Å². The van der Waals surface area contributed by atoms with Crippen LogP contribution < -0.4 is 5.32 Å². The lowest BCUT2D eigenvalue weighted by atomic mass is 10.1. The Bertz CT molecular complexity index is 851. The van der Waals surface area contributed by atoms with Crippen LogP contribution in [0.1, 0.15) is 34.8 Å². The number of nitrogens with zero attached hydrogens (tertiary/aromatic N) is 2. The molecule has 0 saturated heterocycles. The molecule has 0 aliphatic rings. The molecule has 0 aliphatic carbocycles. The van der Waals surface area contributed by atoms with Gasteiger partial charge in [0.2, 0.25) is 0 Å². The number of rotatable bonds is 6. The molecular weight excluding hydrogens is 298 g/mol. The fraction of sp³-hybridized carbons (Fsp3) is 0.300. The predicted octanol–water partition coefficient (Wildman–Crippen LogP) is 3.73. The number of pyridine rings is 1. The van der Waals surface area contributed by atoms with E-state index in [1.165, 1.54) is 10.9 Å². The highest BCUT2D eigenvalue weighted by atomic mass is 16.1. The van der Waals surface area contributed by atoms with Crippen molar-refractivity contribution in [2.24, 2.45) is 0 Å². The summed E-state index contributed by atoms with van der Waals surface area (Å²) in [5.74, 6) is -0.0193. The van der Waals surface area contributed by atoms with Gasteiger partial charge in [0, 0.05) is 36.4 Å². The molecule has 0 unspecified atom stereocenters. The first-order chi connectivity index (χ1) is 11.7. The summed E-state index contributed by atoms with van der Waals surface area (Å²) < 4.78 is 2.20. The van der Waals surface area contributed by atoms with Gasteiger partial charge in [0.1, 0.15) is 5.65 Å². The molecule has 0 atom stereocenters. The zero-order valence-corrected chi connectivity index (χ0v) is 14.2. The topological polar surface area (TPSA) is 46.9 Å². The number of hydrogen-bond donors (Lipinski definition) is 1. The van der Waals surface area contributed by atoms with Crippen LogP contribution in [0.15, 0.2) is 48.8 Å². The van der Waals surface area contributed by atoms with E-state index in [-0.39, 0.29) is 5.91 Å². The molecule has 0 saturated carbocycles. The average molecular weight is 321 g/mol. The maximum Gasteiger partial charge on any atom is 0.251 e. The molecule has 3 aromatic rings. The number of nitrogens with one attached hydrogen (secondary N) is 1. The molecule has 4 nitrogen and oxygen atoms in total. The van der Waals surface area contributed by atoms with Gasteiger partial charge in [-0.2, -0.15) is 0 Å². The molecular formula is C20H23N3O. The number of hydrogen-bond acceptors (Lipinski definition) is 2. The Morgan fingerprint density at radius 3 is 2.92 bits per heavy atom. The fourth-order valence-electron chi connectivity index (χ4n) is 3.00. The molecule has 0 bridgehead atoms. The van der Waals surface area contributed by atoms with Crippen LogP contribution in [-0.2, 0) is 13.0 Å². The van der Waals surface area contributed by atoms with Gasteiger partial charge in [-0.15, -0.1) is 0 Å². The van der Waals surface area contributed by atoms with Crippen molar-refractivity contribution in [3.8, 4) is 0 Å². The third-order valence-electron chi connectivity index (χ3n) is 4.14. The van der Waals surface area contributed by atoms with Crippen LogP contribution in [0.2, 0.25) is 0 Å².